The Morgan fingerprint density at radius 1 is 1.14 bits per heavy atom. The molecule has 0 bridgehead atoms. The van der Waals surface area contributed by atoms with Crippen LogP contribution < -0.4 is 14.9 Å². The number of para-hydroxylation sites is 1. The minimum Gasteiger partial charge on any atom is -0.351 e. The van der Waals surface area contributed by atoms with E-state index in [1.807, 2.05) is 47.1 Å². The zero-order valence-electron chi connectivity index (χ0n) is 15.1. The molecule has 9 nitrogen and oxygen atoms in total. The van der Waals surface area contributed by atoms with Gasteiger partial charge in [-0.1, -0.05) is 18.2 Å². The molecule has 140 valence electrons. The minimum atomic E-state index is -0.214. The van der Waals surface area contributed by atoms with Crippen LogP contribution in [-0.2, 0) is 0 Å². The lowest BCUT2D eigenvalue weighted by atomic mass is 10.2. The Bertz CT molecular complexity index is 1120. The summed E-state index contributed by atoms with van der Waals surface area (Å²) in [6, 6.07) is 9.73. The second-order valence-electron chi connectivity index (χ2n) is 6.72. The van der Waals surface area contributed by atoms with Crippen LogP contribution in [0.5, 0.6) is 0 Å². The van der Waals surface area contributed by atoms with Crippen LogP contribution in [0.2, 0.25) is 0 Å². The summed E-state index contributed by atoms with van der Waals surface area (Å²) in [5, 5.41) is 6.08. The first kappa shape index (κ1) is 16.4. The molecule has 0 spiro atoms. The Kier molecular flexibility index (Phi) is 3.97. The molecule has 0 saturated carbocycles. The Hall–Kier alpha value is -3.75. The van der Waals surface area contributed by atoms with Gasteiger partial charge in [-0.15, -0.1) is 4.68 Å². The number of H-pyrrole nitrogens is 1. The van der Waals surface area contributed by atoms with Gasteiger partial charge >= 0.3 is 18.1 Å². The number of hydrogen-bond donors (Lipinski definition) is 2. The molecule has 1 saturated heterocycles. The van der Waals surface area contributed by atoms with E-state index in [2.05, 4.69) is 30.3 Å². The Morgan fingerprint density at radius 3 is 2.82 bits per heavy atom. The van der Waals surface area contributed by atoms with Crippen molar-refractivity contribution >= 4 is 17.4 Å². The highest BCUT2D eigenvalue weighted by Crippen LogP contribution is 2.21. The van der Waals surface area contributed by atoms with Crippen molar-refractivity contribution in [1.29, 1.82) is 0 Å². The van der Waals surface area contributed by atoms with Crippen LogP contribution in [-0.4, -0.2) is 49.5 Å². The topological polar surface area (TPSA) is 95.1 Å². The van der Waals surface area contributed by atoms with Crippen molar-refractivity contribution < 1.29 is 9.48 Å². The highest BCUT2D eigenvalue weighted by atomic mass is 16.2. The number of aromatic amines is 1. The first-order valence-corrected chi connectivity index (χ1v) is 9.13. The van der Waals surface area contributed by atoms with E-state index in [9.17, 15) is 4.79 Å². The predicted molar refractivity (Wildman–Crippen MR) is 101 cm³/mol. The fourth-order valence-corrected chi connectivity index (χ4v) is 3.50. The number of nitrogens with one attached hydrogen (secondary N) is 2. The largest absolute Gasteiger partial charge is 0.351 e. The second-order valence-corrected chi connectivity index (χ2v) is 6.72. The predicted octanol–water partition coefficient (Wildman–Crippen LogP) is 0.738. The normalized spacial score (nSPS) is 16.6. The summed E-state index contributed by atoms with van der Waals surface area (Å²) in [6.45, 7) is 1.50. The number of nitrogens with zero attached hydrogens (tertiary/aromatic N) is 6. The Morgan fingerprint density at radius 2 is 1.96 bits per heavy atom. The molecule has 4 aromatic rings. The van der Waals surface area contributed by atoms with Gasteiger partial charge in [0, 0.05) is 43.9 Å². The molecule has 2 N–H and O–H groups in total. The minimum absolute atomic E-state index is 0.0276. The third kappa shape index (κ3) is 2.96. The zero-order chi connectivity index (χ0) is 18.9. The van der Waals surface area contributed by atoms with Gasteiger partial charge in [-0.2, -0.15) is 5.10 Å². The van der Waals surface area contributed by atoms with Gasteiger partial charge < -0.3 is 14.6 Å². The van der Waals surface area contributed by atoms with Gasteiger partial charge in [-0.3, -0.25) is 4.79 Å². The van der Waals surface area contributed by atoms with Crippen molar-refractivity contribution in [1.82, 2.24) is 29.8 Å². The molecule has 0 unspecified atom stereocenters. The average molecular weight is 375 g/mol. The van der Waals surface area contributed by atoms with E-state index in [1.54, 1.807) is 23.4 Å². The SMILES string of the molecule is O=C(N[C@H]1CCN(c2nccn3ccnc23)C1)c1nc[n+](-c2ccccc2)[nH]1. The number of carbonyl (C=O) groups is 1. The summed E-state index contributed by atoms with van der Waals surface area (Å²) in [4.78, 5) is 27.8. The molecule has 1 amide bonds. The number of hydrogen-bond acceptors (Lipinski definition) is 5. The molecule has 0 radical (unpaired) electrons. The van der Waals surface area contributed by atoms with Crippen LogP contribution in [0.4, 0.5) is 5.82 Å². The quantitative estimate of drug-likeness (QED) is 0.513. The molecule has 9 heteroatoms. The number of anilines is 1. The smallest absolute Gasteiger partial charge is 0.340 e. The molecule has 1 aliphatic heterocycles. The van der Waals surface area contributed by atoms with Crippen LogP contribution in [0, 0.1) is 0 Å². The van der Waals surface area contributed by atoms with Crippen molar-refractivity contribution in [3.8, 4) is 5.69 Å². The fourth-order valence-electron chi connectivity index (χ4n) is 3.50. The molecule has 0 aliphatic carbocycles. The third-order valence-corrected chi connectivity index (χ3v) is 4.89. The Balaban J connectivity index is 1.27. The molecule has 1 aromatic carbocycles. The lowest BCUT2D eigenvalue weighted by Gasteiger charge is -2.17. The lowest BCUT2D eigenvalue weighted by Crippen LogP contribution is -2.39. The number of aromatic nitrogens is 6. The van der Waals surface area contributed by atoms with Crippen LogP contribution >= 0.6 is 0 Å². The lowest BCUT2D eigenvalue weighted by molar-refractivity contribution is -0.656. The number of amides is 1. The van der Waals surface area contributed by atoms with E-state index in [-0.39, 0.29) is 17.8 Å². The monoisotopic (exact) mass is 375 g/mol. The number of benzene rings is 1. The summed E-state index contributed by atoms with van der Waals surface area (Å²) in [5.74, 6) is 0.911. The van der Waals surface area contributed by atoms with Gasteiger partial charge in [-0.25, -0.2) is 9.97 Å². The molecule has 1 aliphatic rings. The van der Waals surface area contributed by atoms with Gasteiger partial charge in [0.15, 0.2) is 17.2 Å². The maximum Gasteiger partial charge on any atom is 0.340 e. The van der Waals surface area contributed by atoms with Crippen LogP contribution in [0.3, 0.4) is 0 Å². The van der Waals surface area contributed by atoms with Crippen molar-refractivity contribution in [3.05, 3.63) is 67.3 Å². The average Bonchev–Trinajstić information content (AvgIpc) is 3.48. The highest BCUT2D eigenvalue weighted by Gasteiger charge is 2.29. The van der Waals surface area contributed by atoms with Gasteiger partial charge in [0.1, 0.15) is 0 Å². The van der Waals surface area contributed by atoms with Gasteiger partial charge in [-0.05, 0) is 23.5 Å². The van der Waals surface area contributed by atoms with Gasteiger partial charge in [0.05, 0.1) is 0 Å². The number of carbonyl (C=O) groups excluding carboxylic acids is 1. The molecule has 5 rings (SSSR count). The first-order valence-electron chi connectivity index (χ1n) is 9.13. The molecular formula is C19H19N8O+. The highest BCUT2D eigenvalue weighted by molar-refractivity contribution is 5.90. The second kappa shape index (κ2) is 6.76. The molecule has 1 atom stereocenters. The Labute approximate surface area is 160 Å². The fraction of sp³-hybridized carbons (Fsp3) is 0.211. The molecular weight excluding hydrogens is 356 g/mol. The molecule has 28 heavy (non-hydrogen) atoms. The third-order valence-electron chi connectivity index (χ3n) is 4.89. The van der Waals surface area contributed by atoms with Crippen LogP contribution in [0.15, 0.2) is 61.4 Å². The van der Waals surface area contributed by atoms with Gasteiger partial charge in [0.2, 0.25) is 0 Å². The zero-order valence-corrected chi connectivity index (χ0v) is 15.1. The maximum absolute atomic E-state index is 12.6. The summed E-state index contributed by atoms with van der Waals surface area (Å²) in [7, 11) is 0. The standard InChI is InChI=1S/C19H18N8O/c28-19(16-22-13-27(24-16)15-4-2-1-3-5-15)23-14-6-9-26(12-14)18-17-20-7-10-25(17)11-8-21-18/h1-5,7-8,10-11,13-14H,6,9,12H2,(H,23,28)/p+1/t14-/m0/s1. The number of imidazole rings is 1. The van der Waals surface area contributed by atoms with E-state index < -0.39 is 0 Å². The van der Waals surface area contributed by atoms with E-state index in [1.165, 1.54) is 0 Å². The van der Waals surface area contributed by atoms with Crippen LogP contribution in [0.25, 0.3) is 11.3 Å². The maximum atomic E-state index is 12.6. The van der Waals surface area contributed by atoms with Crippen molar-refractivity contribution in [2.24, 2.45) is 0 Å². The van der Waals surface area contributed by atoms with Crippen LogP contribution in [0.1, 0.15) is 17.0 Å². The van der Waals surface area contributed by atoms with Crippen molar-refractivity contribution in [2.45, 2.75) is 12.5 Å². The molecule has 4 heterocycles. The summed E-state index contributed by atoms with van der Waals surface area (Å²) in [6.07, 6.45) is 9.74. The molecule has 1 fully saturated rings. The van der Waals surface area contributed by atoms with E-state index in [0.717, 1.165) is 30.1 Å². The summed E-state index contributed by atoms with van der Waals surface area (Å²) >= 11 is 0. The summed E-state index contributed by atoms with van der Waals surface area (Å²) < 4.78 is 3.66. The molecule has 3 aromatic heterocycles. The number of rotatable bonds is 4. The van der Waals surface area contributed by atoms with E-state index in [4.69, 9.17) is 0 Å². The first-order chi connectivity index (χ1) is 13.8. The van der Waals surface area contributed by atoms with Crippen molar-refractivity contribution in [2.75, 3.05) is 18.0 Å². The number of fused-ring (bicyclic) bond motifs is 1. The van der Waals surface area contributed by atoms with Gasteiger partial charge in [0.25, 0.3) is 0 Å². The van der Waals surface area contributed by atoms with E-state index >= 15 is 0 Å². The summed E-state index contributed by atoms with van der Waals surface area (Å²) in [5.41, 5.74) is 1.74. The van der Waals surface area contributed by atoms with Crippen molar-refractivity contribution in [3.63, 3.8) is 0 Å². The van der Waals surface area contributed by atoms with E-state index in [0.29, 0.717) is 6.54 Å².